The fraction of sp³-hybridized carbons (Fsp3) is 0.472. The number of aliphatic hydroxyl groups excluding tert-OH is 1. The van der Waals surface area contributed by atoms with Crippen LogP contribution in [-0.2, 0) is 20.8 Å². The number of rotatable bonds is 14. The van der Waals surface area contributed by atoms with Crippen LogP contribution in [0.2, 0.25) is 0 Å². The van der Waals surface area contributed by atoms with Crippen molar-refractivity contribution in [2.75, 3.05) is 31.1 Å². The number of nitrogens with zero attached hydrogens (tertiary/aromatic N) is 3. The molecule has 3 unspecified atom stereocenters. The summed E-state index contributed by atoms with van der Waals surface area (Å²) in [4.78, 5) is 49.4. The van der Waals surface area contributed by atoms with E-state index in [4.69, 9.17) is 0 Å². The lowest BCUT2D eigenvalue weighted by Gasteiger charge is -2.42. The highest BCUT2D eigenvalue weighted by atomic mass is 32.2. The number of amides is 3. The number of likely N-dealkylation sites (tertiary alicyclic amines) is 1. The zero-order valence-corrected chi connectivity index (χ0v) is 26.7. The second-order valence-corrected chi connectivity index (χ2v) is 13.9. The van der Waals surface area contributed by atoms with Crippen molar-refractivity contribution in [1.82, 2.24) is 9.80 Å². The lowest BCUT2D eigenvalue weighted by Crippen LogP contribution is -2.59. The van der Waals surface area contributed by atoms with E-state index in [0.717, 1.165) is 30.5 Å². The van der Waals surface area contributed by atoms with Gasteiger partial charge in [-0.05, 0) is 42.9 Å². The average molecular weight is 616 g/mol. The number of carbonyl (C=O) groups excluding carboxylic acids is 3. The van der Waals surface area contributed by atoms with Gasteiger partial charge in [-0.2, -0.15) is 0 Å². The summed E-state index contributed by atoms with van der Waals surface area (Å²) in [6.07, 6.45) is 6.38. The van der Waals surface area contributed by atoms with E-state index in [0.29, 0.717) is 26.1 Å². The van der Waals surface area contributed by atoms with Crippen LogP contribution < -0.4 is 4.90 Å². The Morgan fingerprint density at radius 2 is 1.73 bits per heavy atom. The summed E-state index contributed by atoms with van der Waals surface area (Å²) in [6.45, 7) is 13.0. The topological polar surface area (TPSA) is 81.2 Å². The third kappa shape index (κ3) is 5.51. The minimum absolute atomic E-state index is 0.0341. The smallest absolute Gasteiger partial charge is 0.247 e. The van der Waals surface area contributed by atoms with Gasteiger partial charge in [0, 0.05) is 30.6 Å². The predicted molar refractivity (Wildman–Crippen MR) is 177 cm³/mol. The number of hydrogen-bond acceptors (Lipinski definition) is 5. The van der Waals surface area contributed by atoms with Crippen LogP contribution in [-0.4, -0.2) is 80.9 Å². The Labute approximate surface area is 266 Å². The van der Waals surface area contributed by atoms with Gasteiger partial charge in [0.15, 0.2) is 0 Å². The third-order valence-corrected chi connectivity index (χ3v) is 11.8. The van der Waals surface area contributed by atoms with Crippen molar-refractivity contribution in [3.05, 3.63) is 91.5 Å². The molecule has 3 aliphatic rings. The van der Waals surface area contributed by atoms with Crippen molar-refractivity contribution in [1.29, 1.82) is 0 Å². The Hall–Kier alpha value is -3.36. The molecule has 2 aromatic carbocycles. The third-order valence-electron chi connectivity index (χ3n) is 9.71. The summed E-state index contributed by atoms with van der Waals surface area (Å²) < 4.78 is -0.772. The van der Waals surface area contributed by atoms with E-state index in [1.807, 2.05) is 65.6 Å². The van der Waals surface area contributed by atoms with Crippen LogP contribution in [0.15, 0.2) is 86.0 Å². The molecule has 2 aromatic rings. The van der Waals surface area contributed by atoms with Crippen molar-refractivity contribution in [3.8, 4) is 0 Å². The molecule has 0 radical (unpaired) electrons. The van der Waals surface area contributed by atoms with E-state index in [1.54, 1.807) is 33.7 Å². The van der Waals surface area contributed by atoms with E-state index in [2.05, 4.69) is 27.0 Å². The molecule has 3 aliphatic heterocycles. The normalized spacial score (nSPS) is 27.6. The van der Waals surface area contributed by atoms with E-state index in [9.17, 15) is 19.5 Å². The first kappa shape index (κ1) is 32.0. The van der Waals surface area contributed by atoms with Gasteiger partial charge in [0.05, 0.1) is 29.2 Å². The summed E-state index contributed by atoms with van der Waals surface area (Å²) in [5.74, 6) is -1.62. The highest BCUT2D eigenvalue weighted by molar-refractivity contribution is 8.02. The first-order chi connectivity index (χ1) is 21.3. The molecule has 0 saturated carbocycles. The maximum absolute atomic E-state index is 14.9. The number of hydrogen-bond donors (Lipinski definition) is 1. The minimum atomic E-state index is -0.787. The monoisotopic (exact) mass is 615 g/mol. The fourth-order valence-corrected chi connectivity index (χ4v) is 10.2. The molecule has 7 atom stereocenters. The van der Waals surface area contributed by atoms with Crippen LogP contribution in [0.1, 0.15) is 38.7 Å². The number of benzene rings is 2. The van der Waals surface area contributed by atoms with Crippen molar-refractivity contribution in [3.63, 3.8) is 0 Å². The van der Waals surface area contributed by atoms with Gasteiger partial charge in [-0.25, -0.2) is 0 Å². The molecule has 5 rings (SSSR count). The maximum Gasteiger partial charge on any atom is 0.247 e. The molecule has 44 heavy (non-hydrogen) atoms. The molecule has 2 bridgehead atoms. The molecule has 8 heteroatoms. The molecule has 0 aliphatic carbocycles. The van der Waals surface area contributed by atoms with E-state index >= 15 is 0 Å². The summed E-state index contributed by atoms with van der Waals surface area (Å²) >= 11 is 1.67. The summed E-state index contributed by atoms with van der Waals surface area (Å²) in [6, 6.07) is 17.9. The Balaban J connectivity index is 1.60. The number of aliphatic hydroxyl groups is 1. The molecule has 3 fully saturated rings. The molecular weight excluding hydrogens is 570 g/mol. The zero-order valence-electron chi connectivity index (χ0n) is 25.9. The molecule has 7 nitrogen and oxygen atoms in total. The Morgan fingerprint density at radius 3 is 2.34 bits per heavy atom. The van der Waals surface area contributed by atoms with Crippen LogP contribution >= 0.6 is 11.8 Å². The average Bonchev–Trinajstić information content (AvgIpc) is 3.64. The Kier molecular flexibility index (Phi) is 10.0. The first-order valence-corrected chi connectivity index (χ1v) is 16.7. The molecule has 1 spiro atoms. The van der Waals surface area contributed by atoms with Gasteiger partial charge in [0.2, 0.25) is 17.7 Å². The lowest BCUT2D eigenvalue weighted by molar-refractivity contribution is -0.145. The second kappa shape index (κ2) is 13.7. The molecule has 3 saturated heterocycles. The number of fused-ring (bicyclic) bond motifs is 1. The maximum atomic E-state index is 14.9. The summed E-state index contributed by atoms with van der Waals surface area (Å²) in [7, 11) is 0. The van der Waals surface area contributed by atoms with Crippen LogP contribution in [0.5, 0.6) is 0 Å². The highest BCUT2D eigenvalue weighted by Gasteiger charge is 2.77. The number of unbranched alkanes of at least 4 members (excludes halogenated alkanes) is 1. The summed E-state index contributed by atoms with van der Waals surface area (Å²) in [5, 5.41) is 10.7. The van der Waals surface area contributed by atoms with Crippen molar-refractivity contribution in [2.45, 2.75) is 61.6 Å². The van der Waals surface area contributed by atoms with Gasteiger partial charge in [-0.15, -0.1) is 24.9 Å². The second-order valence-electron chi connectivity index (χ2n) is 12.3. The van der Waals surface area contributed by atoms with Gasteiger partial charge in [0.25, 0.3) is 0 Å². The van der Waals surface area contributed by atoms with Crippen LogP contribution in [0.4, 0.5) is 5.69 Å². The van der Waals surface area contributed by atoms with Gasteiger partial charge >= 0.3 is 0 Å². The van der Waals surface area contributed by atoms with Gasteiger partial charge in [0.1, 0.15) is 6.04 Å². The highest BCUT2D eigenvalue weighted by Crippen LogP contribution is 2.69. The van der Waals surface area contributed by atoms with Crippen molar-refractivity contribution >= 4 is 35.2 Å². The van der Waals surface area contributed by atoms with Gasteiger partial charge < -0.3 is 19.8 Å². The summed E-state index contributed by atoms with van der Waals surface area (Å²) in [5.41, 5.74) is 1.74. The van der Waals surface area contributed by atoms with Crippen molar-refractivity contribution < 1.29 is 19.5 Å². The molecule has 3 amide bonds. The van der Waals surface area contributed by atoms with E-state index in [-0.39, 0.29) is 35.5 Å². The van der Waals surface area contributed by atoms with E-state index in [1.165, 1.54) is 0 Å². The van der Waals surface area contributed by atoms with Crippen LogP contribution in [0.3, 0.4) is 0 Å². The van der Waals surface area contributed by atoms with Crippen LogP contribution in [0, 0.1) is 17.8 Å². The lowest BCUT2D eigenvalue weighted by atomic mass is 9.65. The molecular formula is C36H45N3O4S. The number of thioether (sulfide) groups is 1. The fourth-order valence-electron chi connectivity index (χ4n) is 7.76. The predicted octanol–water partition coefficient (Wildman–Crippen LogP) is 4.96. The number of anilines is 1. The Bertz CT molecular complexity index is 1350. The molecule has 234 valence electrons. The number of carbonyl (C=O) groups is 3. The largest absolute Gasteiger partial charge is 0.394 e. The van der Waals surface area contributed by atoms with Crippen molar-refractivity contribution in [2.24, 2.45) is 17.8 Å². The quantitative estimate of drug-likeness (QED) is 0.304. The van der Waals surface area contributed by atoms with Crippen LogP contribution in [0.25, 0.3) is 0 Å². The van der Waals surface area contributed by atoms with Gasteiger partial charge in [-0.3, -0.25) is 14.4 Å². The van der Waals surface area contributed by atoms with E-state index < -0.39 is 28.7 Å². The minimum Gasteiger partial charge on any atom is -0.394 e. The number of para-hydroxylation sites is 1. The standard InChI is InChI=1S/C36H45N3O4S/c1-5-8-21-37(19-6-2)35(43)32-36-25(4)22-29(44-36)30(33(41)38(20-7-3)27-17-13-10-14-18-27)31(36)34(42)39(32)28(24-40)23-26-15-11-9-12-16-26/h6-7,9-18,25,28-32,40H,2-3,5,8,19-24H2,1,4H3/t25?,28-,29+,30-,31+,32?,36?/m1/s1. The SMILES string of the molecule is C=CCN(CCCC)C(=O)C1N([C@@H](CO)Cc2ccccc2)C(=O)[C@@H]2[C@H](C(=O)N(CC=C)c3ccccc3)[C@@H]3CC(C)C12S3. The Morgan fingerprint density at radius 1 is 1.07 bits per heavy atom. The zero-order chi connectivity index (χ0) is 31.4. The van der Waals surface area contributed by atoms with Gasteiger partial charge in [-0.1, -0.05) is 81.0 Å². The molecule has 3 heterocycles. The molecule has 0 aromatic heterocycles. The molecule has 1 N–H and O–H groups in total. The first-order valence-electron chi connectivity index (χ1n) is 15.9.